The van der Waals surface area contributed by atoms with Crippen LogP contribution in [0, 0.1) is 0 Å². The second-order valence-corrected chi connectivity index (χ2v) is 4.86. The average molecular weight is 203 g/mol. The predicted molar refractivity (Wildman–Crippen MR) is 63.6 cm³/mol. The number of nitrogens with one attached hydrogen (secondary N) is 1. The second kappa shape index (κ2) is 3.30. The smallest absolute Gasteiger partial charge is 0.119 e. The molecule has 80 valence electrons. The molecule has 0 spiro atoms. The monoisotopic (exact) mass is 203 g/mol. The topological polar surface area (TPSA) is 25.0 Å². The highest BCUT2D eigenvalue weighted by atomic mass is 16.5. The van der Waals surface area contributed by atoms with E-state index in [-0.39, 0.29) is 5.41 Å². The molecule has 0 atom stereocenters. The van der Waals surface area contributed by atoms with Crippen molar-refractivity contribution in [2.24, 2.45) is 0 Å². The summed E-state index contributed by atoms with van der Waals surface area (Å²) in [6, 6.07) is 6.13. The van der Waals surface area contributed by atoms with Crippen LogP contribution >= 0.6 is 0 Å². The van der Waals surface area contributed by atoms with Crippen LogP contribution in [0.15, 0.2) is 24.4 Å². The van der Waals surface area contributed by atoms with Gasteiger partial charge in [-0.2, -0.15) is 0 Å². The number of H-pyrrole nitrogens is 1. The van der Waals surface area contributed by atoms with Crippen molar-refractivity contribution in [1.82, 2.24) is 4.98 Å². The highest BCUT2D eigenvalue weighted by molar-refractivity contribution is 5.85. The second-order valence-electron chi connectivity index (χ2n) is 4.86. The molecule has 0 saturated carbocycles. The molecule has 2 aromatic rings. The van der Waals surface area contributed by atoms with Gasteiger partial charge in [-0.3, -0.25) is 0 Å². The highest BCUT2D eigenvalue weighted by Gasteiger charge is 2.18. The Morgan fingerprint density at radius 2 is 1.93 bits per heavy atom. The summed E-state index contributed by atoms with van der Waals surface area (Å²) in [6.07, 6.45) is 2.09. The Kier molecular flexibility index (Phi) is 2.22. The van der Waals surface area contributed by atoms with Gasteiger partial charge < -0.3 is 9.72 Å². The van der Waals surface area contributed by atoms with Gasteiger partial charge in [0.15, 0.2) is 0 Å². The molecule has 0 aliphatic heterocycles. The first-order chi connectivity index (χ1) is 7.02. The minimum absolute atomic E-state index is 0.157. The minimum Gasteiger partial charge on any atom is -0.497 e. The number of fused-ring (bicyclic) bond motifs is 1. The molecule has 0 unspecified atom stereocenters. The maximum Gasteiger partial charge on any atom is 0.119 e. The molecule has 0 radical (unpaired) electrons. The lowest BCUT2D eigenvalue weighted by Crippen LogP contribution is -2.09. The Labute approximate surface area is 90.3 Å². The van der Waals surface area contributed by atoms with Crippen molar-refractivity contribution in [3.63, 3.8) is 0 Å². The summed E-state index contributed by atoms with van der Waals surface area (Å²) in [6.45, 7) is 6.65. The number of methoxy groups -OCH3 is 1. The largest absolute Gasteiger partial charge is 0.497 e. The predicted octanol–water partition coefficient (Wildman–Crippen LogP) is 3.47. The van der Waals surface area contributed by atoms with Crippen LogP contribution in [0.3, 0.4) is 0 Å². The van der Waals surface area contributed by atoms with Gasteiger partial charge in [0.2, 0.25) is 0 Å². The Bertz CT molecular complexity index is 477. The van der Waals surface area contributed by atoms with E-state index in [1.165, 1.54) is 16.5 Å². The fraction of sp³-hybridized carbons (Fsp3) is 0.385. The van der Waals surface area contributed by atoms with Crippen LogP contribution in [-0.2, 0) is 5.41 Å². The lowest BCUT2D eigenvalue weighted by atomic mass is 9.87. The molecule has 0 amide bonds. The van der Waals surface area contributed by atoms with E-state index in [1.54, 1.807) is 7.11 Å². The summed E-state index contributed by atoms with van der Waals surface area (Å²) in [4.78, 5) is 3.29. The number of rotatable bonds is 1. The van der Waals surface area contributed by atoms with E-state index in [1.807, 2.05) is 6.07 Å². The quantitative estimate of drug-likeness (QED) is 0.754. The van der Waals surface area contributed by atoms with Crippen molar-refractivity contribution in [3.8, 4) is 5.75 Å². The van der Waals surface area contributed by atoms with Gasteiger partial charge in [-0.25, -0.2) is 0 Å². The molecule has 0 aliphatic rings. The third-order valence-corrected chi connectivity index (χ3v) is 2.70. The van der Waals surface area contributed by atoms with Crippen molar-refractivity contribution < 1.29 is 4.74 Å². The van der Waals surface area contributed by atoms with Crippen LogP contribution in [0.2, 0.25) is 0 Å². The summed E-state index contributed by atoms with van der Waals surface area (Å²) >= 11 is 0. The first kappa shape index (κ1) is 10.1. The fourth-order valence-electron chi connectivity index (χ4n) is 1.85. The molecule has 2 rings (SSSR count). The van der Waals surface area contributed by atoms with Gasteiger partial charge in [0, 0.05) is 17.1 Å². The highest BCUT2D eigenvalue weighted by Crippen LogP contribution is 2.31. The molecule has 1 heterocycles. The van der Waals surface area contributed by atoms with E-state index in [4.69, 9.17) is 4.74 Å². The molecule has 1 aromatic carbocycles. The summed E-state index contributed by atoms with van der Waals surface area (Å²) in [5.41, 5.74) is 2.65. The number of benzene rings is 1. The SMILES string of the molecule is COc1ccc2[nH]cc(C(C)(C)C)c2c1. The van der Waals surface area contributed by atoms with Crippen molar-refractivity contribution in [3.05, 3.63) is 30.0 Å². The molecular weight excluding hydrogens is 186 g/mol. The van der Waals surface area contributed by atoms with Crippen molar-refractivity contribution >= 4 is 10.9 Å². The Balaban J connectivity index is 2.67. The standard InChI is InChI=1S/C13H17NO/c1-13(2,3)11-8-14-12-6-5-9(15-4)7-10(11)12/h5-8,14H,1-4H3. The van der Waals surface area contributed by atoms with Gasteiger partial charge in [0.1, 0.15) is 5.75 Å². The lowest BCUT2D eigenvalue weighted by Gasteiger charge is -2.17. The van der Waals surface area contributed by atoms with Gasteiger partial charge in [0.05, 0.1) is 7.11 Å². The summed E-state index contributed by atoms with van der Waals surface area (Å²) in [5, 5.41) is 1.25. The molecule has 2 heteroatoms. The minimum atomic E-state index is 0.157. The fourth-order valence-corrected chi connectivity index (χ4v) is 1.85. The Morgan fingerprint density at radius 1 is 1.20 bits per heavy atom. The van der Waals surface area contributed by atoms with Crippen LogP contribution in [0.4, 0.5) is 0 Å². The zero-order valence-corrected chi connectivity index (χ0v) is 9.72. The lowest BCUT2D eigenvalue weighted by molar-refractivity contribution is 0.415. The number of hydrogen-bond donors (Lipinski definition) is 1. The zero-order chi connectivity index (χ0) is 11.1. The molecule has 0 saturated heterocycles. The van der Waals surface area contributed by atoms with E-state index < -0.39 is 0 Å². The van der Waals surface area contributed by atoms with Crippen LogP contribution in [0.5, 0.6) is 5.75 Å². The van der Waals surface area contributed by atoms with Crippen molar-refractivity contribution in [2.45, 2.75) is 26.2 Å². The van der Waals surface area contributed by atoms with Gasteiger partial charge in [-0.15, -0.1) is 0 Å². The van der Waals surface area contributed by atoms with Crippen LogP contribution < -0.4 is 4.74 Å². The van der Waals surface area contributed by atoms with Crippen molar-refractivity contribution in [2.75, 3.05) is 7.11 Å². The molecule has 0 fully saturated rings. The van der Waals surface area contributed by atoms with Gasteiger partial charge in [0.25, 0.3) is 0 Å². The van der Waals surface area contributed by atoms with Gasteiger partial charge in [-0.05, 0) is 29.2 Å². The summed E-state index contributed by atoms with van der Waals surface area (Å²) in [7, 11) is 1.70. The van der Waals surface area contributed by atoms with Gasteiger partial charge in [-0.1, -0.05) is 20.8 Å². The molecule has 1 N–H and O–H groups in total. The summed E-state index contributed by atoms with van der Waals surface area (Å²) in [5.74, 6) is 0.910. The third kappa shape index (κ3) is 1.72. The number of aromatic nitrogens is 1. The van der Waals surface area contributed by atoms with Crippen LogP contribution in [0.1, 0.15) is 26.3 Å². The van der Waals surface area contributed by atoms with Gasteiger partial charge >= 0.3 is 0 Å². The number of hydrogen-bond acceptors (Lipinski definition) is 1. The summed E-state index contributed by atoms with van der Waals surface area (Å²) < 4.78 is 5.25. The Hall–Kier alpha value is -1.44. The van der Waals surface area contributed by atoms with Crippen molar-refractivity contribution in [1.29, 1.82) is 0 Å². The normalized spacial score (nSPS) is 12.0. The molecular formula is C13H17NO. The van der Waals surface area contributed by atoms with E-state index in [0.29, 0.717) is 0 Å². The zero-order valence-electron chi connectivity index (χ0n) is 9.72. The Morgan fingerprint density at radius 3 is 2.53 bits per heavy atom. The molecule has 1 aromatic heterocycles. The maximum atomic E-state index is 5.25. The molecule has 2 nitrogen and oxygen atoms in total. The third-order valence-electron chi connectivity index (χ3n) is 2.70. The van der Waals surface area contributed by atoms with Crippen LogP contribution in [0.25, 0.3) is 10.9 Å². The molecule has 0 bridgehead atoms. The number of aromatic amines is 1. The van der Waals surface area contributed by atoms with Crippen LogP contribution in [-0.4, -0.2) is 12.1 Å². The maximum absolute atomic E-state index is 5.25. The van der Waals surface area contributed by atoms with E-state index in [0.717, 1.165) is 5.75 Å². The average Bonchev–Trinajstić information content (AvgIpc) is 2.59. The van der Waals surface area contributed by atoms with E-state index >= 15 is 0 Å². The molecule has 0 aliphatic carbocycles. The number of ether oxygens (including phenoxy) is 1. The van der Waals surface area contributed by atoms with E-state index in [2.05, 4.69) is 44.1 Å². The first-order valence-electron chi connectivity index (χ1n) is 5.18. The molecule has 15 heavy (non-hydrogen) atoms. The van der Waals surface area contributed by atoms with E-state index in [9.17, 15) is 0 Å². The first-order valence-corrected chi connectivity index (χ1v) is 5.18.